The monoisotopic (exact) mass is 410 g/mol. The van der Waals surface area contributed by atoms with Crippen LogP contribution in [0.25, 0.3) is 10.2 Å². The van der Waals surface area contributed by atoms with Gasteiger partial charge >= 0.3 is 5.97 Å². The van der Waals surface area contributed by atoms with Crippen molar-refractivity contribution >= 4 is 39.2 Å². The molecule has 3 aromatic rings. The van der Waals surface area contributed by atoms with Crippen LogP contribution in [0.1, 0.15) is 45.0 Å². The number of carbonyl (C=O) groups excluding carboxylic acids is 2. The van der Waals surface area contributed by atoms with E-state index in [2.05, 4.69) is 9.97 Å². The van der Waals surface area contributed by atoms with Gasteiger partial charge in [-0.2, -0.15) is 0 Å². The van der Waals surface area contributed by atoms with Crippen molar-refractivity contribution in [1.29, 1.82) is 0 Å². The second kappa shape index (κ2) is 7.79. The number of rotatable bonds is 5. The molecule has 150 valence electrons. The maximum atomic E-state index is 12.4. The van der Waals surface area contributed by atoms with Gasteiger partial charge in [0.2, 0.25) is 5.91 Å². The molecule has 1 aliphatic heterocycles. The molecule has 4 rings (SSSR count). The van der Waals surface area contributed by atoms with Crippen molar-refractivity contribution in [2.45, 2.75) is 39.8 Å². The van der Waals surface area contributed by atoms with Crippen molar-refractivity contribution in [3.63, 3.8) is 0 Å². The van der Waals surface area contributed by atoms with Gasteiger partial charge in [0, 0.05) is 24.4 Å². The average molecular weight is 410 g/mol. The number of hydrogen-bond acceptors (Lipinski definition) is 7. The molecule has 2 N–H and O–H groups in total. The minimum Gasteiger partial charge on any atom is -0.454 e. The normalized spacial score (nSPS) is 14.0. The predicted molar refractivity (Wildman–Crippen MR) is 112 cm³/mol. The first-order valence-corrected chi connectivity index (χ1v) is 10.3. The average Bonchev–Trinajstić information content (AvgIpc) is 3.23. The SMILES string of the molecule is Cc1sc2nc(COC(=O)c3ccc(CN4CCCC4=O)cc3)nc(N)c2c1C. The summed E-state index contributed by atoms with van der Waals surface area (Å²) < 4.78 is 5.37. The van der Waals surface area contributed by atoms with Crippen LogP contribution >= 0.6 is 11.3 Å². The van der Waals surface area contributed by atoms with Gasteiger partial charge in [-0.3, -0.25) is 4.79 Å². The van der Waals surface area contributed by atoms with Gasteiger partial charge in [-0.25, -0.2) is 14.8 Å². The lowest BCUT2D eigenvalue weighted by Crippen LogP contribution is -2.23. The highest BCUT2D eigenvalue weighted by Gasteiger charge is 2.20. The summed E-state index contributed by atoms with van der Waals surface area (Å²) in [6.07, 6.45) is 1.53. The van der Waals surface area contributed by atoms with Crippen LogP contribution in [0.3, 0.4) is 0 Å². The molecule has 1 aliphatic rings. The standard InChI is InChI=1S/C21H22N4O3S/c1-12-13(2)29-20-18(12)19(22)23-16(24-20)11-28-21(27)15-7-5-14(6-8-15)10-25-9-3-4-17(25)26/h5-8H,3-4,9-11H2,1-2H3,(H2,22,23,24). The van der Waals surface area contributed by atoms with E-state index in [0.29, 0.717) is 30.2 Å². The van der Waals surface area contributed by atoms with E-state index in [0.717, 1.165) is 39.2 Å². The Morgan fingerprint density at radius 1 is 1.24 bits per heavy atom. The molecule has 0 saturated carbocycles. The van der Waals surface area contributed by atoms with E-state index >= 15 is 0 Å². The fourth-order valence-corrected chi connectivity index (χ4v) is 4.50. The number of nitrogens with zero attached hydrogens (tertiary/aromatic N) is 3. The van der Waals surface area contributed by atoms with Crippen molar-refractivity contribution < 1.29 is 14.3 Å². The Morgan fingerprint density at radius 3 is 2.69 bits per heavy atom. The Kier molecular flexibility index (Phi) is 5.19. The summed E-state index contributed by atoms with van der Waals surface area (Å²) in [5, 5.41) is 0.870. The van der Waals surface area contributed by atoms with Crippen LogP contribution in [-0.2, 0) is 22.7 Å². The molecule has 0 radical (unpaired) electrons. The Hall–Kier alpha value is -3.00. The number of likely N-dealkylation sites (tertiary alicyclic amines) is 1. The molecule has 1 amide bonds. The van der Waals surface area contributed by atoms with Gasteiger partial charge in [0.15, 0.2) is 12.4 Å². The second-order valence-electron chi connectivity index (χ2n) is 7.18. The van der Waals surface area contributed by atoms with E-state index in [1.807, 2.05) is 30.9 Å². The smallest absolute Gasteiger partial charge is 0.338 e. The van der Waals surface area contributed by atoms with Crippen LogP contribution in [0.2, 0.25) is 0 Å². The Morgan fingerprint density at radius 2 is 2.00 bits per heavy atom. The molecule has 3 heterocycles. The van der Waals surface area contributed by atoms with Crippen molar-refractivity contribution in [1.82, 2.24) is 14.9 Å². The molecule has 29 heavy (non-hydrogen) atoms. The quantitative estimate of drug-likeness (QED) is 0.648. The topological polar surface area (TPSA) is 98.4 Å². The number of ether oxygens (including phenoxy) is 1. The Bertz CT molecular complexity index is 1090. The van der Waals surface area contributed by atoms with Crippen LogP contribution in [-0.4, -0.2) is 33.3 Å². The van der Waals surface area contributed by atoms with E-state index in [1.165, 1.54) is 0 Å². The highest BCUT2D eigenvalue weighted by atomic mass is 32.1. The minimum absolute atomic E-state index is 0.0427. The third kappa shape index (κ3) is 3.93. The minimum atomic E-state index is -0.449. The zero-order valence-electron chi connectivity index (χ0n) is 16.4. The first-order chi connectivity index (χ1) is 13.9. The number of aryl methyl sites for hydroxylation is 2. The maximum Gasteiger partial charge on any atom is 0.338 e. The van der Waals surface area contributed by atoms with Crippen LogP contribution in [0.4, 0.5) is 5.82 Å². The van der Waals surface area contributed by atoms with Crippen LogP contribution in [0.15, 0.2) is 24.3 Å². The summed E-state index contributed by atoms with van der Waals surface area (Å²) >= 11 is 1.55. The summed E-state index contributed by atoms with van der Waals surface area (Å²) in [5.74, 6) is 0.521. The molecule has 1 fully saturated rings. The molecule has 2 aromatic heterocycles. The van der Waals surface area contributed by atoms with Gasteiger partial charge in [0.1, 0.15) is 10.6 Å². The summed E-state index contributed by atoms with van der Waals surface area (Å²) in [4.78, 5) is 36.6. The van der Waals surface area contributed by atoms with E-state index in [-0.39, 0.29) is 12.5 Å². The summed E-state index contributed by atoms with van der Waals surface area (Å²) in [7, 11) is 0. The molecule has 1 aromatic carbocycles. The number of benzene rings is 1. The Labute approximate surface area is 172 Å². The largest absolute Gasteiger partial charge is 0.454 e. The Balaban J connectivity index is 1.40. The lowest BCUT2D eigenvalue weighted by Gasteiger charge is -2.15. The number of hydrogen-bond donors (Lipinski definition) is 1. The number of nitrogens with two attached hydrogens (primary N) is 1. The number of fused-ring (bicyclic) bond motifs is 1. The molecular formula is C21H22N4O3S. The van der Waals surface area contributed by atoms with Crippen molar-refractivity contribution in [3.05, 3.63) is 51.7 Å². The van der Waals surface area contributed by atoms with Crippen molar-refractivity contribution in [2.75, 3.05) is 12.3 Å². The molecular weight excluding hydrogens is 388 g/mol. The fourth-order valence-electron chi connectivity index (χ4n) is 3.44. The number of nitrogen functional groups attached to an aromatic ring is 1. The van der Waals surface area contributed by atoms with E-state index in [9.17, 15) is 9.59 Å². The lowest BCUT2D eigenvalue weighted by atomic mass is 10.1. The molecule has 0 aliphatic carbocycles. The number of anilines is 1. The first-order valence-electron chi connectivity index (χ1n) is 9.48. The van der Waals surface area contributed by atoms with Gasteiger partial charge in [-0.1, -0.05) is 12.1 Å². The van der Waals surface area contributed by atoms with Gasteiger partial charge in [0.25, 0.3) is 0 Å². The maximum absolute atomic E-state index is 12.4. The van der Waals surface area contributed by atoms with Gasteiger partial charge < -0.3 is 15.4 Å². The van der Waals surface area contributed by atoms with E-state index in [1.54, 1.807) is 23.5 Å². The molecule has 7 nitrogen and oxygen atoms in total. The van der Waals surface area contributed by atoms with Crippen molar-refractivity contribution in [2.24, 2.45) is 0 Å². The van der Waals surface area contributed by atoms with E-state index in [4.69, 9.17) is 10.5 Å². The molecule has 0 spiro atoms. The van der Waals surface area contributed by atoms with Crippen molar-refractivity contribution in [3.8, 4) is 0 Å². The van der Waals surface area contributed by atoms with E-state index < -0.39 is 5.97 Å². The molecule has 0 atom stereocenters. The third-order valence-corrected chi connectivity index (χ3v) is 6.27. The van der Waals surface area contributed by atoms with Crippen LogP contribution < -0.4 is 5.73 Å². The predicted octanol–water partition coefficient (Wildman–Crippen LogP) is 3.37. The molecule has 8 heteroatoms. The number of aromatic nitrogens is 2. The van der Waals surface area contributed by atoms with Gasteiger partial charge in [-0.15, -0.1) is 11.3 Å². The number of esters is 1. The van der Waals surface area contributed by atoms with Gasteiger partial charge in [0.05, 0.1) is 10.9 Å². The molecule has 0 bridgehead atoms. The number of thiophene rings is 1. The third-order valence-electron chi connectivity index (χ3n) is 5.17. The fraction of sp³-hybridized carbons (Fsp3) is 0.333. The first kappa shape index (κ1) is 19.3. The summed E-state index contributed by atoms with van der Waals surface area (Å²) in [6, 6.07) is 7.12. The van der Waals surface area contributed by atoms with Crippen LogP contribution in [0.5, 0.6) is 0 Å². The summed E-state index contributed by atoms with van der Waals surface area (Å²) in [6.45, 7) is 5.33. The zero-order valence-corrected chi connectivity index (χ0v) is 17.2. The number of amides is 1. The molecule has 1 saturated heterocycles. The zero-order chi connectivity index (χ0) is 20.5. The second-order valence-corrected chi connectivity index (χ2v) is 8.38. The molecule has 0 unspecified atom stereocenters. The van der Waals surface area contributed by atoms with Crippen LogP contribution in [0, 0.1) is 13.8 Å². The number of carbonyl (C=O) groups is 2. The lowest BCUT2D eigenvalue weighted by molar-refractivity contribution is -0.128. The highest BCUT2D eigenvalue weighted by Crippen LogP contribution is 2.31. The van der Waals surface area contributed by atoms with Gasteiger partial charge in [-0.05, 0) is 43.5 Å². The highest BCUT2D eigenvalue weighted by molar-refractivity contribution is 7.18. The summed E-state index contributed by atoms with van der Waals surface area (Å²) in [5.41, 5.74) is 8.58.